The van der Waals surface area contributed by atoms with E-state index in [-0.39, 0.29) is 5.82 Å². The minimum atomic E-state index is -1.75. The molecule has 1 atom stereocenters. The van der Waals surface area contributed by atoms with Crippen molar-refractivity contribution in [1.29, 1.82) is 5.26 Å². The molecular weight excluding hydrogens is 217 g/mol. The lowest BCUT2D eigenvalue weighted by atomic mass is 10.3. The maximum atomic E-state index is 12.7. The van der Waals surface area contributed by atoms with Crippen LogP contribution >= 0.6 is 11.3 Å². The molecule has 1 unspecified atom stereocenters. The van der Waals surface area contributed by atoms with Crippen LogP contribution in [0.25, 0.3) is 0 Å². The standard InChI is InChI=1S/C9H12FNOSSi/c1-14(2,3)12-8(5-11)9-4-7(10)6-13-9/h4,6,8H,1-3H3. The number of halogens is 1. The Morgan fingerprint density at radius 3 is 2.57 bits per heavy atom. The second-order valence-electron chi connectivity index (χ2n) is 3.91. The Labute approximate surface area is 88.1 Å². The highest BCUT2D eigenvalue weighted by molar-refractivity contribution is 7.10. The smallest absolute Gasteiger partial charge is 0.186 e. The fraction of sp³-hybridized carbons (Fsp3) is 0.444. The molecule has 0 aliphatic heterocycles. The van der Waals surface area contributed by atoms with Gasteiger partial charge in [-0.3, -0.25) is 0 Å². The Hall–Kier alpha value is -0.703. The van der Waals surface area contributed by atoms with Crippen molar-refractivity contribution in [2.45, 2.75) is 25.7 Å². The van der Waals surface area contributed by atoms with Crippen molar-refractivity contribution in [2.24, 2.45) is 0 Å². The van der Waals surface area contributed by atoms with Gasteiger partial charge in [0.05, 0.1) is 6.07 Å². The van der Waals surface area contributed by atoms with Gasteiger partial charge >= 0.3 is 0 Å². The van der Waals surface area contributed by atoms with Crippen LogP contribution in [0.2, 0.25) is 19.6 Å². The number of hydrogen-bond donors (Lipinski definition) is 0. The first-order valence-corrected chi connectivity index (χ1v) is 8.52. The molecular formula is C9H12FNOSSi. The third-order valence-corrected chi connectivity index (χ3v) is 3.32. The molecule has 0 bridgehead atoms. The van der Waals surface area contributed by atoms with E-state index in [1.165, 1.54) is 22.8 Å². The lowest BCUT2D eigenvalue weighted by molar-refractivity contribution is 0.258. The number of nitriles is 1. The number of nitrogens with zero attached hydrogens (tertiary/aromatic N) is 1. The highest BCUT2D eigenvalue weighted by Gasteiger charge is 2.23. The summed E-state index contributed by atoms with van der Waals surface area (Å²) in [5, 5.41) is 10.3. The van der Waals surface area contributed by atoms with Crippen molar-refractivity contribution in [3.8, 4) is 6.07 Å². The fourth-order valence-electron chi connectivity index (χ4n) is 0.967. The van der Waals surface area contributed by atoms with Gasteiger partial charge in [-0.15, -0.1) is 11.3 Å². The second-order valence-corrected chi connectivity index (χ2v) is 9.31. The predicted octanol–water partition coefficient (Wildman–Crippen LogP) is 3.30. The van der Waals surface area contributed by atoms with Crippen LogP contribution < -0.4 is 0 Å². The monoisotopic (exact) mass is 229 g/mol. The van der Waals surface area contributed by atoms with Crippen molar-refractivity contribution in [3.05, 3.63) is 22.1 Å². The predicted molar refractivity (Wildman–Crippen MR) is 57.1 cm³/mol. The van der Waals surface area contributed by atoms with Gasteiger partial charge in [-0.05, 0) is 25.7 Å². The molecule has 5 heteroatoms. The molecule has 0 spiro atoms. The van der Waals surface area contributed by atoms with E-state index in [4.69, 9.17) is 9.69 Å². The molecule has 1 aromatic rings. The van der Waals surface area contributed by atoms with Gasteiger partial charge in [0.25, 0.3) is 0 Å². The molecule has 0 amide bonds. The number of rotatable bonds is 3. The van der Waals surface area contributed by atoms with Gasteiger partial charge in [-0.1, -0.05) is 0 Å². The number of hydrogen-bond acceptors (Lipinski definition) is 3. The largest absolute Gasteiger partial charge is 0.398 e. The van der Waals surface area contributed by atoms with Gasteiger partial charge < -0.3 is 4.43 Å². The Bertz CT molecular complexity index is 352. The lowest BCUT2D eigenvalue weighted by Gasteiger charge is -2.20. The van der Waals surface area contributed by atoms with Crippen molar-refractivity contribution >= 4 is 19.7 Å². The van der Waals surface area contributed by atoms with Crippen LogP contribution in [0.3, 0.4) is 0 Å². The topological polar surface area (TPSA) is 33.0 Å². The van der Waals surface area contributed by atoms with Crippen molar-refractivity contribution < 1.29 is 8.82 Å². The maximum absolute atomic E-state index is 12.7. The van der Waals surface area contributed by atoms with Crippen LogP contribution in [0.15, 0.2) is 11.4 Å². The molecule has 0 N–H and O–H groups in total. The SMILES string of the molecule is C[Si](C)(C)OC(C#N)c1cc(F)cs1. The summed E-state index contributed by atoms with van der Waals surface area (Å²) in [4.78, 5) is 0.646. The first-order chi connectivity index (χ1) is 6.42. The normalized spacial score (nSPS) is 13.6. The van der Waals surface area contributed by atoms with E-state index in [1.54, 1.807) is 0 Å². The third kappa shape index (κ3) is 3.22. The highest BCUT2D eigenvalue weighted by Crippen LogP contribution is 2.26. The molecule has 0 saturated carbocycles. The van der Waals surface area contributed by atoms with Gasteiger partial charge in [0.15, 0.2) is 14.4 Å². The summed E-state index contributed by atoms with van der Waals surface area (Å²) in [5.41, 5.74) is 0. The molecule has 0 radical (unpaired) electrons. The summed E-state index contributed by atoms with van der Waals surface area (Å²) in [6, 6.07) is 3.40. The zero-order chi connectivity index (χ0) is 10.8. The number of thiophene rings is 1. The highest BCUT2D eigenvalue weighted by atomic mass is 32.1. The first-order valence-electron chi connectivity index (χ1n) is 4.24. The van der Waals surface area contributed by atoms with E-state index in [0.29, 0.717) is 4.88 Å². The minimum absolute atomic E-state index is 0.301. The Morgan fingerprint density at radius 1 is 1.57 bits per heavy atom. The molecule has 1 aromatic heterocycles. The molecule has 0 aromatic carbocycles. The van der Waals surface area contributed by atoms with Crippen LogP contribution in [0.5, 0.6) is 0 Å². The van der Waals surface area contributed by atoms with Crippen molar-refractivity contribution in [2.75, 3.05) is 0 Å². The molecule has 1 heterocycles. The summed E-state index contributed by atoms with van der Waals surface area (Å²) >= 11 is 1.22. The van der Waals surface area contributed by atoms with Crippen LogP contribution in [0.1, 0.15) is 11.0 Å². The molecule has 2 nitrogen and oxygen atoms in total. The molecule has 76 valence electrons. The van der Waals surface area contributed by atoms with E-state index in [1.807, 2.05) is 25.7 Å². The van der Waals surface area contributed by atoms with Crippen molar-refractivity contribution in [3.63, 3.8) is 0 Å². The van der Waals surface area contributed by atoms with Gasteiger partial charge in [-0.2, -0.15) is 5.26 Å². The van der Waals surface area contributed by atoms with E-state index in [2.05, 4.69) is 0 Å². The fourth-order valence-corrected chi connectivity index (χ4v) is 2.66. The van der Waals surface area contributed by atoms with E-state index in [9.17, 15) is 4.39 Å². The molecule has 0 saturated heterocycles. The maximum Gasteiger partial charge on any atom is 0.186 e. The quantitative estimate of drug-likeness (QED) is 0.745. The zero-order valence-electron chi connectivity index (χ0n) is 8.37. The van der Waals surface area contributed by atoms with Gasteiger partial charge in [0.1, 0.15) is 5.82 Å². The Balaban J connectivity index is 2.79. The van der Waals surface area contributed by atoms with Crippen molar-refractivity contribution in [1.82, 2.24) is 0 Å². The molecule has 1 rings (SSSR count). The average molecular weight is 229 g/mol. The van der Waals surface area contributed by atoms with E-state index < -0.39 is 14.4 Å². The van der Waals surface area contributed by atoms with Crippen LogP contribution in [-0.2, 0) is 4.43 Å². The molecule has 0 fully saturated rings. The summed E-state index contributed by atoms with van der Waals surface area (Å²) in [6.07, 6.45) is -0.615. The van der Waals surface area contributed by atoms with Gasteiger partial charge in [0, 0.05) is 10.3 Å². The first kappa shape index (κ1) is 11.4. The average Bonchev–Trinajstić information content (AvgIpc) is 2.46. The van der Waals surface area contributed by atoms with E-state index >= 15 is 0 Å². The van der Waals surface area contributed by atoms with E-state index in [0.717, 1.165) is 0 Å². The summed E-state index contributed by atoms with van der Waals surface area (Å²) in [6.45, 7) is 6.00. The third-order valence-electron chi connectivity index (χ3n) is 1.43. The minimum Gasteiger partial charge on any atom is -0.398 e. The molecule has 14 heavy (non-hydrogen) atoms. The van der Waals surface area contributed by atoms with Crippen LogP contribution in [0, 0.1) is 17.1 Å². The summed E-state index contributed by atoms with van der Waals surface area (Å²) < 4.78 is 18.3. The van der Waals surface area contributed by atoms with Gasteiger partial charge in [-0.25, -0.2) is 4.39 Å². The zero-order valence-corrected chi connectivity index (χ0v) is 10.2. The Morgan fingerprint density at radius 2 is 2.21 bits per heavy atom. The Kier molecular flexibility index (Phi) is 3.42. The molecule has 0 aliphatic carbocycles. The summed E-state index contributed by atoms with van der Waals surface area (Å²) in [5.74, 6) is -0.301. The second kappa shape index (κ2) is 4.21. The van der Waals surface area contributed by atoms with Crippen LogP contribution in [-0.4, -0.2) is 8.32 Å². The van der Waals surface area contributed by atoms with Gasteiger partial charge in [0.2, 0.25) is 0 Å². The van der Waals surface area contributed by atoms with Crippen LogP contribution in [0.4, 0.5) is 4.39 Å². The molecule has 0 aliphatic rings. The lowest BCUT2D eigenvalue weighted by Crippen LogP contribution is -2.27. The summed E-state index contributed by atoms with van der Waals surface area (Å²) in [7, 11) is -1.75.